The molecule has 0 aromatic rings. The Kier molecular flexibility index (Phi) is 5.91. The van der Waals surface area contributed by atoms with Gasteiger partial charge in [-0.05, 0) is 20.6 Å². The van der Waals surface area contributed by atoms with E-state index in [9.17, 15) is 0 Å². The summed E-state index contributed by atoms with van der Waals surface area (Å²) in [6, 6.07) is 1.02. The predicted octanol–water partition coefficient (Wildman–Crippen LogP) is 0.329. The second kappa shape index (κ2) is 5.85. The molecule has 3 nitrogen and oxygen atoms in total. The normalized spacial score (nSPS) is 11.4. The Bertz CT molecular complexity index is 76.1. The van der Waals surface area contributed by atoms with Gasteiger partial charge in [0.25, 0.3) is 0 Å². The van der Waals surface area contributed by atoms with E-state index in [4.69, 9.17) is 8.85 Å². The third-order valence-electron chi connectivity index (χ3n) is 1.22. The summed E-state index contributed by atoms with van der Waals surface area (Å²) >= 11 is 0. The quantitative estimate of drug-likeness (QED) is 0.544. The lowest BCUT2D eigenvalue weighted by atomic mass is 10.7. The summed E-state index contributed by atoms with van der Waals surface area (Å²) in [5, 5.41) is 0. The Morgan fingerprint density at radius 2 is 1.70 bits per heavy atom. The molecule has 0 atom stereocenters. The van der Waals surface area contributed by atoms with Crippen molar-refractivity contribution in [1.82, 2.24) is 4.90 Å². The highest BCUT2D eigenvalue weighted by atomic mass is 28.3. The molecule has 4 heteroatoms. The molecule has 0 bridgehead atoms. The van der Waals surface area contributed by atoms with Crippen LogP contribution in [0.1, 0.15) is 0 Å². The molecule has 0 aliphatic carbocycles. The van der Waals surface area contributed by atoms with E-state index in [0.29, 0.717) is 0 Å². The maximum Gasteiger partial charge on any atom is 0.385 e. The molecule has 0 heterocycles. The van der Waals surface area contributed by atoms with E-state index < -0.39 is 9.28 Å². The van der Waals surface area contributed by atoms with Crippen LogP contribution in [0.5, 0.6) is 0 Å². The van der Waals surface area contributed by atoms with E-state index >= 15 is 0 Å². The molecule has 0 N–H and O–H groups in total. The molecule has 0 aromatic heterocycles. The minimum atomic E-state index is -0.960. The van der Waals surface area contributed by atoms with Gasteiger partial charge in [-0.2, -0.15) is 0 Å². The Morgan fingerprint density at radius 3 is 2.00 bits per heavy atom. The lowest BCUT2D eigenvalue weighted by Crippen LogP contribution is -2.25. The van der Waals surface area contributed by atoms with Crippen molar-refractivity contribution >= 4 is 9.28 Å². The van der Waals surface area contributed by atoms with Crippen LogP contribution in [-0.2, 0) is 8.85 Å². The van der Waals surface area contributed by atoms with Gasteiger partial charge in [0.05, 0.1) is 0 Å². The predicted molar refractivity (Wildman–Crippen MR) is 43.1 cm³/mol. The van der Waals surface area contributed by atoms with Crippen LogP contribution in [0.15, 0.2) is 0 Å². The van der Waals surface area contributed by atoms with Gasteiger partial charge in [0.2, 0.25) is 0 Å². The summed E-state index contributed by atoms with van der Waals surface area (Å²) in [7, 11) is 6.54. The maximum absolute atomic E-state index is 5.10. The van der Waals surface area contributed by atoms with E-state index in [1.165, 1.54) is 0 Å². The highest BCUT2D eigenvalue weighted by Gasteiger charge is 2.10. The van der Waals surface area contributed by atoms with Crippen LogP contribution in [0.2, 0.25) is 6.04 Å². The highest BCUT2D eigenvalue weighted by molar-refractivity contribution is 6.44. The van der Waals surface area contributed by atoms with Gasteiger partial charge in [0, 0.05) is 20.3 Å². The zero-order valence-corrected chi connectivity index (χ0v) is 8.18. The molecule has 0 saturated carbocycles. The van der Waals surface area contributed by atoms with Crippen molar-refractivity contribution < 1.29 is 8.85 Å². The monoisotopic (exact) mass is 162 g/mol. The van der Waals surface area contributed by atoms with Gasteiger partial charge in [-0.3, -0.25) is 0 Å². The minimum absolute atomic E-state index is 0.960. The van der Waals surface area contributed by atoms with Crippen LogP contribution in [0.4, 0.5) is 0 Å². The van der Waals surface area contributed by atoms with Gasteiger partial charge in [0.15, 0.2) is 0 Å². The number of hydrogen-bond acceptors (Lipinski definition) is 3. The summed E-state index contributed by atoms with van der Waals surface area (Å²) in [6.07, 6.45) is 0. The van der Waals surface area contributed by atoms with Crippen LogP contribution < -0.4 is 0 Å². The Balaban J connectivity index is 3.26. The second-order valence-corrected chi connectivity index (χ2v) is 4.39. The van der Waals surface area contributed by atoms with Crippen molar-refractivity contribution in [2.75, 3.05) is 34.9 Å². The molecular formula is C6H16NO2Si. The van der Waals surface area contributed by atoms with Crippen LogP contribution in [0.25, 0.3) is 0 Å². The topological polar surface area (TPSA) is 21.7 Å². The molecule has 0 spiro atoms. The molecule has 1 radical (unpaired) electrons. The smallest absolute Gasteiger partial charge is 0.385 e. The molecule has 61 valence electrons. The largest absolute Gasteiger partial charge is 0.397 e. The third kappa shape index (κ3) is 4.93. The van der Waals surface area contributed by atoms with Crippen molar-refractivity contribution in [3.63, 3.8) is 0 Å². The standard InChI is InChI=1S/C6H16NO2Si/c1-7(2)5-6-10(8-3)9-4/h5-6H2,1-4H3. The van der Waals surface area contributed by atoms with Gasteiger partial charge in [-0.25, -0.2) is 0 Å². The summed E-state index contributed by atoms with van der Waals surface area (Å²) in [5.41, 5.74) is 0. The fourth-order valence-electron chi connectivity index (χ4n) is 0.602. The minimum Gasteiger partial charge on any atom is -0.397 e. The lowest BCUT2D eigenvalue weighted by Gasteiger charge is -2.12. The molecule has 0 aromatic carbocycles. The zero-order valence-electron chi connectivity index (χ0n) is 7.18. The SMILES string of the molecule is CO[Si](CCN(C)C)OC. The van der Waals surface area contributed by atoms with Crippen molar-refractivity contribution in [3.05, 3.63) is 0 Å². The number of hydrogen-bond donors (Lipinski definition) is 0. The van der Waals surface area contributed by atoms with Crippen molar-refractivity contribution in [1.29, 1.82) is 0 Å². The van der Waals surface area contributed by atoms with E-state index in [2.05, 4.69) is 4.90 Å². The van der Waals surface area contributed by atoms with Crippen LogP contribution in [0.3, 0.4) is 0 Å². The van der Waals surface area contributed by atoms with Gasteiger partial charge in [0.1, 0.15) is 0 Å². The van der Waals surface area contributed by atoms with Crippen LogP contribution in [0, 0.1) is 0 Å². The molecule has 0 amide bonds. The fourth-order valence-corrected chi connectivity index (χ4v) is 1.81. The van der Waals surface area contributed by atoms with Gasteiger partial charge < -0.3 is 13.8 Å². The molecule has 0 aliphatic rings. The first-order valence-corrected chi connectivity index (χ1v) is 4.81. The Hall–Kier alpha value is 0.0969. The summed E-state index contributed by atoms with van der Waals surface area (Å²) in [5.74, 6) is 0. The van der Waals surface area contributed by atoms with Gasteiger partial charge in [-0.1, -0.05) is 0 Å². The Morgan fingerprint density at radius 1 is 1.20 bits per heavy atom. The molecule has 0 aliphatic heterocycles. The molecular weight excluding hydrogens is 146 g/mol. The lowest BCUT2D eigenvalue weighted by molar-refractivity contribution is 0.270. The molecule has 0 saturated heterocycles. The van der Waals surface area contributed by atoms with E-state index in [1.54, 1.807) is 14.2 Å². The van der Waals surface area contributed by atoms with Gasteiger partial charge >= 0.3 is 9.28 Å². The molecule has 0 fully saturated rings. The van der Waals surface area contributed by atoms with Crippen LogP contribution in [-0.4, -0.2) is 49.0 Å². The second-order valence-electron chi connectivity index (χ2n) is 2.33. The third-order valence-corrected chi connectivity index (χ3v) is 2.76. The van der Waals surface area contributed by atoms with Crippen molar-refractivity contribution in [2.45, 2.75) is 6.04 Å². The van der Waals surface area contributed by atoms with E-state index in [-0.39, 0.29) is 0 Å². The first-order chi connectivity index (χ1) is 4.70. The first-order valence-electron chi connectivity index (χ1n) is 3.29. The average Bonchev–Trinajstić information content (AvgIpc) is 1.90. The zero-order chi connectivity index (χ0) is 7.98. The fraction of sp³-hybridized carbons (Fsp3) is 1.00. The highest BCUT2D eigenvalue weighted by Crippen LogP contribution is 1.94. The summed E-state index contributed by atoms with van der Waals surface area (Å²) in [6.45, 7) is 1.04. The van der Waals surface area contributed by atoms with Gasteiger partial charge in [-0.15, -0.1) is 0 Å². The van der Waals surface area contributed by atoms with E-state index in [1.807, 2.05) is 14.1 Å². The first kappa shape index (κ1) is 10.1. The van der Waals surface area contributed by atoms with Crippen molar-refractivity contribution in [3.8, 4) is 0 Å². The molecule has 0 rings (SSSR count). The summed E-state index contributed by atoms with van der Waals surface area (Å²) in [4.78, 5) is 2.13. The number of nitrogens with zero attached hydrogens (tertiary/aromatic N) is 1. The molecule has 0 unspecified atom stereocenters. The van der Waals surface area contributed by atoms with E-state index in [0.717, 1.165) is 12.6 Å². The molecule has 10 heavy (non-hydrogen) atoms. The number of rotatable bonds is 5. The Labute approximate surface area is 64.8 Å². The van der Waals surface area contributed by atoms with Crippen molar-refractivity contribution in [2.24, 2.45) is 0 Å². The maximum atomic E-state index is 5.10. The van der Waals surface area contributed by atoms with Crippen LogP contribution >= 0.6 is 0 Å². The average molecular weight is 162 g/mol. The summed E-state index contributed by atoms with van der Waals surface area (Å²) < 4.78 is 10.2.